The Balaban J connectivity index is 1.45. The molecule has 0 spiro atoms. The van der Waals surface area contributed by atoms with E-state index in [-0.39, 0.29) is 5.91 Å². The number of hydrogen-bond donors (Lipinski definition) is 1. The van der Waals surface area contributed by atoms with Crippen LogP contribution in [-0.2, 0) is 19.6 Å². The fourth-order valence-corrected chi connectivity index (χ4v) is 3.53. The highest BCUT2D eigenvalue weighted by Crippen LogP contribution is 2.26. The van der Waals surface area contributed by atoms with Crippen LogP contribution in [0.25, 0.3) is 0 Å². The minimum atomic E-state index is -0.206. The molecule has 1 aromatic heterocycles. The first-order valence-corrected chi connectivity index (χ1v) is 10.8. The number of rotatable bonds is 8. The third-order valence-electron chi connectivity index (χ3n) is 4.97. The summed E-state index contributed by atoms with van der Waals surface area (Å²) in [6.45, 7) is 0.919. The summed E-state index contributed by atoms with van der Waals surface area (Å²) in [4.78, 5) is 17.1. The number of aromatic nitrogens is 1. The van der Waals surface area contributed by atoms with Gasteiger partial charge in [-0.15, -0.1) is 0 Å². The Labute approximate surface area is 192 Å². The summed E-state index contributed by atoms with van der Waals surface area (Å²) in [7, 11) is 0. The number of benzene rings is 3. The van der Waals surface area contributed by atoms with Crippen LogP contribution in [0.4, 0.5) is 0 Å². The molecule has 4 rings (SSSR count). The lowest BCUT2D eigenvalue weighted by Gasteiger charge is -2.13. The summed E-state index contributed by atoms with van der Waals surface area (Å²) >= 11 is 6.24. The SMILES string of the molecule is O=C(NCc1ccccc1)c1cccc(Cc2cc(Cl)ccc2OCc2ccccc2)n1. The van der Waals surface area contributed by atoms with E-state index >= 15 is 0 Å². The van der Waals surface area contributed by atoms with Gasteiger partial charge in [0.15, 0.2) is 0 Å². The molecule has 0 radical (unpaired) electrons. The molecule has 1 N–H and O–H groups in total. The molecule has 0 bridgehead atoms. The molecule has 4 aromatic rings. The van der Waals surface area contributed by atoms with E-state index in [2.05, 4.69) is 10.3 Å². The van der Waals surface area contributed by atoms with Crippen molar-refractivity contribution in [2.24, 2.45) is 0 Å². The van der Waals surface area contributed by atoms with Crippen molar-refractivity contribution in [2.75, 3.05) is 0 Å². The Morgan fingerprint density at radius 1 is 0.844 bits per heavy atom. The van der Waals surface area contributed by atoms with E-state index in [0.717, 1.165) is 28.1 Å². The zero-order valence-electron chi connectivity index (χ0n) is 17.5. The first-order valence-electron chi connectivity index (χ1n) is 10.4. The fraction of sp³-hybridized carbons (Fsp3) is 0.111. The summed E-state index contributed by atoms with van der Waals surface area (Å²) in [5.41, 5.74) is 4.19. The van der Waals surface area contributed by atoms with E-state index in [1.807, 2.05) is 91.0 Å². The number of nitrogens with zero attached hydrogens (tertiary/aromatic N) is 1. The number of nitrogens with one attached hydrogen (secondary N) is 1. The predicted octanol–water partition coefficient (Wildman–Crippen LogP) is 5.83. The molecule has 32 heavy (non-hydrogen) atoms. The fourth-order valence-electron chi connectivity index (χ4n) is 3.33. The normalized spacial score (nSPS) is 10.5. The molecule has 0 aliphatic rings. The Morgan fingerprint density at radius 2 is 1.56 bits per heavy atom. The number of halogens is 1. The second-order valence-corrected chi connectivity index (χ2v) is 7.82. The van der Waals surface area contributed by atoms with Crippen molar-refractivity contribution in [3.8, 4) is 5.75 Å². The zero-order valence-corrected chi connectivity index (χ0v) is 18.3. The summed E-state index contributed by atoms with van der Waals surface area (Å²) < 4.78 is 6.05. The summed E-state index contributed by atoms with van der Waals surface area (Å²) in [6, 6.07) is 30.8. The van der Waals surface area contributed by atoms with Crippen LogP contribution >= 0.6 is 11.6 Å². The van der Waals surface area contributed by atoms with Crippen molar-refractivity contribution in [2.45, 2.75) is 19.6 Å². The maximum atomic E-state index is 12.6. The van der Waals surface area contributed by atoms with Crippen LogP contribution in [0.3, 0.4) is 0 Å². The van der Waals surface area contributed by atoms with Gasteiger partial charge in [-0.25, -0.2) is 4.98 Å². The molecular formula is C27H23ClN2O2. The lowest BCUT2D eigenvalue weighted by molar-refractivity contribution is 0.0945. The van der Waals surface area contributed by atoms with Gasteiger partial charge in [0, 0.05) is 29.2 Å². The molecule has 5 heteroatoms. The maximum absolute atomic E-state index is 12.6. The number of hydrogen-bond acceptors (Lipinski definition) is 3. The monoisotopic (exact) mass is 442 g/mol. The zero-order chi connectivity index (χ0) is 22.2. The van der Waals surface area contributed by atoms with Crippen molar-refractivity contribution in [1.82, 2.24) is 10.3 Å². The Bertz CT molecular complexity index is 1180. The summed E-state index contributed by atoms with van der Waals surface area (Å²) in [5, 5.41) is 3.55. The second-order valence-electron chi connectivity index (χ2n) is 7.39. The van der Waals surface area contributed by atoms with Crippen LogP contribution in [0.15, 0.2) is 97.1 Å². The highest BCUT2D eigenvalue weighted by Gasteiger charge is 2.11. The first-order chi connectivity index (χ1) is 15.7. The van der Waals surface area contributed by atoms with Crippen LogP contribution in [0, 0.1) is 0 Å². The third kappa shape index (κ3) is 5.96. The number of carbonyl (C=O) groups is 1. The summed E-state index contributed by atoms with van der Waals surface area (Å²) in [6.07, 6.45) is 0.504. The number of amides is 1. The largest absolute Gasteiger partial charge is 0.489 e. The van der Waals surface area contributed by atoms with Gasteiger partial charge in [0.1, 0.15) is 18.1 Å². The standard InChI is InChI=1S/C27H23ClN2O2/c28-23-14-15-26(32-19-21-10-5-2-6-11-21)22(16-23)17-24-12-7-13-25(30-24)27(31)29-18-20-8-3-1-4-9-20/h1-16H,17-19H2,(H,29,31). The lowest BCUT2D eigenvalue weighted by Crippen LogP contribution is -2.24. The maximum Gasteiger partial charge on any atom is 0.270 e. The van der Waals surface area contributed by atoms with Crippen molar-refractivity contribution in [3.05, 3.63) is 130 Å². The molecule has 0 saturated heterocycles. The van der Waals surface area contributed by atoms with Crippen molar-refractivity contribution < 1.29 is 9.53 Å². The minimum absolute atomic E-state index is 0.206. The summed E-state index contributed by atoms with van der Waals surface area (Å²) in [5.74, 6) is 0.543. The molecule has 0 aliphatic carbocycles. The molecule has 0 aliphatic heterocycles. The van der Waals surface area contributed by atoms with E-state index < -0.39 is 0 Å². The third-order valence-corrected chi connectivity index (χ3v) is 5.20. The van der Waals surface area contributed by atoms with Crippen LogP contribution in [0.5, 0.6) is 5.75 Å². The van der Waals surface area contributed by atoms with Gasteiger partial charge in [-0.2, -0.15) is 0 Å². The highest BCUT2D eigenvalue weighted by molar-refractivity contribution is 6.30. The topological polar surface area (TPSA) is 51.2 Å². The van der Waals surface area contributed by atoms with Gasteiger partial charge in [0.25, 0.3) is 5.91 Å². The van der Waals surface area contributed by atoms with E-state index in [4.69, 9.17) is 16.3 Å². The van der Waals surface area contributed by atoms with Gasteiger partial charge >= 0.3 is 0 Å². The van der Waals surface area contributed by atoms with Crippen LogP contribution in [0.1, 0.15) is 32.9 Å². The highest BCUT2D eigenvalue weighted by atomic mass is 35.5. The van der Waals surface area contributed by atoms with Gasteiger partial charge < -0.3 is 10.1 Å². The van der Waals surface area contributed by atoms with Crippen LogP contribution in [-0.4, -0.2) is 10.9 Å². The average molecular weight is 443 g/mol. The minimum Gasteiger partial charge on any atom is -0.489 e. The van der Waals surface area contributed by atoms with Crippen molar-refractivity contribution in [1.29, 1.82) is 0 Å². The Morgan fingerprint density at radius 3 is 2.31 bits per heavy atom. The molecule has 1 amide bonds. The molecule has 4 nitrogen and oxygen atoms in total. The quantitative estimate of drug-likeness (QED) is 0.373. The molecule has 160 valence electrons. The molecule has 0 atom stereocenters. The average Bonchev–Trinajstić information content (AvgIpc) is 2.83. The van der Waals surface area contributed by atoms with Gasteiger partial charge in [0.2, 0.25) is 0 Å². The van der Waals surface area contributed by atoms with Gasteiger partial charge in [-0.1, -0.05) is 78.3 Å². The van der Waals surface area contributed by atoms with E-state index in [1.165, 1.54) is 0 Å². The van der Waals surface area contributed by atoms with E-state index in [0.29, 0.717) is 30.3 Å². The number of pyridine rings is 1. The van der Waals surface area contributed by atoms with Crippen LogP contribution in [0.2, 0.25) is 5.02 Å². The smallest absolute Gasteiger partial charge is 0.270 e. The molecular weight excluding hydrogens is 420 g/mol. The van der Waals surface area contributed by atoms with Crippen molar-refractivity contribution >= 4 is 17.5 Å². The Hall–Kier alpha value is -3.63. The Kier molecular flexibility index (Phi) is 7.15. The molecule has 0 fully saturated rings. The molecule has 0 unspecified atom stereocenters. The molecule has 1 heterocycles. The molecule has 0 saturated carbocycles. The first kappa shape index (κ1) is 21.6. The predicted molar refractivity (Wildman–Crippen MR) is 127 cm³/mol. The molecule has 3 aromatic carbocycles. The number of carbonyl (C=O) groups excluding carboxylic acids is 1. The second kappa shape index (κ2) is 10.6. The van der Waals surface area contributed by atoms with Crippen LogP contribution < -0.4 is 10.1 Å². The number of ether oxygens (including phenoxy) is 1. The lowest BCUT2D eigenvalue weighted by atomic mass is 10.1. The van der Waals surface area contributed by atoms with E-state index in [9.17, 15) is 4.79 Å². The van der Waals surface area contributed by atoms with E-state index in [1.54, 1.807) is 6.07 Å². The van der Waals surface area contributed by atoms with Gasteiger partial charge in [0.05, 0.1) is 0 Å². The van der Waals surface area contributed by atoms with Crippen molar-refractivity contribution in [3.63, 3.8) is 0 Å². The van der Waals surface area contributed by atoms with Gasteiger partial charge in [-0.05, 0) is 41.5 Å². The van der Waals surface area contributed by atoms with Gasteiger partial charge in [-0.3, -0.25) is 4.79 Å².